The molecular formula is C37H65NO12. The Hall–Kier alpha value is -2.74. The van der Waals surface area contributed by atoms with Crippen molar-refractivity contribution in [2.24, 2.45) is 11.8 Å². The molecule has 50 heavy (non-hydrogen) atoms. The van der Waals surface area contributed by atoms with Crippen LogP contribution in [0.25, 0.3) is 0 Å². The molecule has 0 unspecified atom stereocenters. The largest absolute Gasteiger partial charge is 0.481 e. The number of ketones is 3. The minimum absolute atomic E-state index is 0.00256. The van der Waals surface area contributed by atoms with E-state index in [0.717, 1.165) is 64.2 Å². The van der Waals surface area contributed by atoms with Crippen LogP contribution < -0.4 is 5.32 Å². The zero-order valence-electron chi connectivity index (χ0n) is 31.0. The lowest BCUT2D eigenvalue weighted by Crippen LogP contribution is -2.29. The van der Waals surface area contributed by atoms with Crippen LogP contribution in [0.15, 0.2) is 0 Å². The van der Waals surface area contributed by atoms with Crippen LogP contribution >= 0.6 is 0 Å². The second-order valence-electron chi connectivity index (χ2n) is 12.9. The van der Waals surface area contributed by atoms with Gasteiger partial charge in [0.25, 0.3) is 0 Å². The third kappa shape index (κ3) is 31.3. The topological polar surface area (TPSA) is 181 Å². The van der Waals surface area contributed by atoms with Gasteiger partial charge in [-0.1, -0.05) is 65.2 Å². The molecule has 13 nitrogen and oxygen atoms in total. The highest BCUT2D eigenvalue weighted by Crippen LogP contribution is 2.17. The maximum atomic E-state index is 12.5. The quantitative estimate of drug-likeness (QED) is 0.0647. The Morgan fingerprint density at radius 2 is 1.10 bits per heavy atom. The van der Waals surface area contributed by atoms with E-state index in [2.05, 4.69) is 5.32 Å². The maximum absolute atomic E-state index is 12.5. The molecule has 290 valence electrons. The van der Waals surface area contributed by atoms with Crippen LogP contribution in [0.2, 0.25) is 0 Å². The van der Waals surface area contributed by atoms with Crippen LogP contribution in [0.3, 0.4) is 0 Å². The van der Waals surface area contributed by atoms with Gasteiger partial charge in [0.2, 0.25) is 5.91 Å². The Morgan fingerprint density at radius 1 is 0.580 bits per heavy atom. The summed E-state index contributed by atoms with van der Waals surface area (Å²) in [5.41, 5.74) is 0. The molecular weight excluding hydrogens is 650 g/mol. The second-order valence-corrected chi connectivity index (χ2v) is 12.9. The van der Waals surface area contributed by atoms with Crippen molar-refractivity contribution in [1.82, 2.24) is 5.32 Å². The molecule has 0 aromatic carbocycles. The Bertz CT molecular complexity index is 939. The summed E-state index contributed by atoms with van der Waals surface area (Å²) in [4.78, 5) is 70.9. The lowest BCUT2D eigenvalue weighted by molar-refractivity contribution is -0.147. The summed E-state index contributed by atoms with van der Waals surface area (Å²) in [7, 11) is 1.28. The smallest absolute Gasteiger partial charge is 0.309 e. The molecule has 0 bridgehead atoms. The number of esters is 1. The van der Waals surface area contributed by atoms with Crippen molar-refractivity contribution < 1.29 is 57.6 Å². The Morgan fingerprint density at radius 3 is 1.68 bits per heavy atom. The first-order valence-electron chi connectivity index (χ1n) is 18.5. The number of methoxy groups -OCH3 is 1. The van der Waals surface area contributed by atoms with Crippen molar-refractivity contribution in [3.63, 3.8) is 0 Å². The van der Waals surface area contributed by atoms with Crippen LogP contribution in [0.1, 0.15) is 123 Å². The van der Waals surface area contributed by atoms with E-state index in [-0.39, 0.29) is 94.4 Å². The molecule has 0 radical (unpaired) electrons. The number of rotatable bonds is 37. The van der Waals surface area contributed by atoms with Crippen molar-refractivity contribution in [3.05, 3.63) is 0 Å². The van der Waals surface area contributed by atoms with Gasteiger partial charge in [-0.3, -0.25) is 28.8 Å². The van der Waals surface area contributed by atoms with Gasteiger partial charge in [0.1, 0.15) is 19.0 Å². The summed E-state index contributed by atoms with van der Waals surface area (Å²) in [5, 5.41) is 11.4. The first-order valence-corrected chi connectivity index (χ1v) is 18.5. The van der Waals surface area contributed by atoms with Crippen molar-refractivity contribution in [1.29, 1.82) is 0 Å². The highest BCUT2D eigenvalue weighted by Gasteiger charge is 2.23. The van der Waals surface area contributed by atoms with Crippen LogP contribution in [-0.2, 0) is 52.5 Å². The van der Waals surface area contributed by atoms with Gasteiger partial charge in [-0.05, 0) is 25.7 Å². The molecule has 13 heteroatoms. The van der Waals surface area contributed by atoms with E-state index in [1.54, 1.807) is 0 Å². The number of carbonyl (C=O) groups is 6. The normalized spacial score (nSPS) is 11.8. The Kier molecular flexibility index (Phi) is 31.6. The highest BCUT2D eigenvalue weighted by atomic mass is 16.5. The summed E-state index contributed by atoms with van der Waals surface area (Å²) >= 11 is 0. The van der Waals surface area contributed by atoms with Crippen LogP contribution in [0, 0.1) is 11.8 Å². The van der Waals surface area contributed by atoms with E-state index in [9.17, 15) is 28.8 Å². The molecule has 0 aromatic rings. The lowest BCUT2D eigenvalue weighted by Gasteiger charge is -2.14. The lowest BCUT2D eigenvalue weighted by atomic mass is 9.94. The first kappa shape index (κ1) is 47.3. The van der Waals surface area contributed by atoms with Crippen molar-refractivity contribution in [2.45, 2.75) is 123 Å². The Labute approximate surface area is 299 Å². The summed E-state index contributed by atoms with van der Waals surface area (Å²) in [5.74, 6) is -2.13. The number of aliphatic carboxylic acids is 1. The van der Waals surface area contributed by atoms with Crippen LogP contribution in [0.4, 0.5) is 0 Å². The van der Waals surface area contributed by atoms with Gasteiger partial charge in [0, 0.05) is 51.2 Å². The molecule has 0 aromatic heterocycles. The van der Waals surface area contributed by atoms with Gasteiger partial charge in [0.15, 0.2) is 11.6 Å². The molecule has 0 saturated carbocycles. The molecule has 1 amide bonds. The number of nitrogens with one attached hydrogen (secondary N) is 1. The Balaban J connectivity index is 3.79. The minimum atomic E-state index is -0.731. The zero-order valence-corrected chi connectivity index (χ0v) is 31.0. The summed E-state index contributed by atoms with van der Waals surface area (Å²) in [6.45, 7) is 5.93. The highest BCUT2D eigenvalue weighted by molar-refractivity contribution is 5.85. The van der Waals surface area contributed by atoms with Crippen LogP contribution in [-0.4, -0.2) is 107 Å². The number of ether oxygens (including phenoxy) is 5. The van der Waals surface area contributed by atoms with Gasteiger partial charge >= 0.3 is 11.9 Å². The molecule has 0 aliphatic rings. The molecule has 0 fully saturated rings. The van der Waals surface area contributed by atoms with Crippen LogP contribution in [0.5, 0.6) is 0 Å². The van der Waals surface area contributed by atoms with E-state index < -0.39 is 17.9 Å². The van der Waals surface area contributed by atoms with E-state index in [4.69, 9.17) is 28.8 Å². The summed E-state index contributed by atoms with van der Waals surface area (Å²) < 4.78 is 26.3. The molecule has 0 saturated heterocycles. The number of hydrogen-bond acceptors (Lipinski definition) is 11. The molecule has 2 N–H and O–H groups in total. The number of unbranched alkanes of at least 4 members (excludes halogenated alkanes) is 9. The maximum Gasteiger partial charge on any atom is 0.309 e. The predicted molar refractivity (Wildman–Crippen MR) is 188 cm³/mol. The van der Waals surface area contributed by atoms with Crippen molar-refractivity contribution in [2.75, 3.05) is 66.5 Å². The van der Waals surface area contributed by atoms with E-state index in [0.29, 0.717) is 39.1 Å². The number of carboxylic acids is 1. The number of hydrogen-bond donors (Lipinski definition) is 2. The molecule has 1 atom stereocenters. The number of carbonyl (C=O) groups excluding carboxylic acids is 5. The molecule has 0 aliphatic heterocycles. The fourth-order valence-corrected chi connectivity index (χ4v) is 4.92. The molecule has 0 spiro atoms. The van der Waals surface area contributed by atoms with E-state index in [1.165, 1.54) is 7.11 Å². The second kappa shape index (κ2) is 33.4. The van der Waals surface area contributed by atoms with Gasteiger partial charge in [-0.15, -0.1) is 0 Å². The number of carboxylic acid groups (broad SMARTS) is 1. The zero-order chi connectivity index (χ0) is 37.2. The number of Topliss-reactive ketones (excluding diaryl/α,β-unsaturated/α-hetero) is 3. The first-order chi connectivity index (χ1) is 24.1. The third-order valence-electron chi connectivity index (χ3n) is 8.03. The van der Waals surface area contributed by atoms with Crippen molar-refractivity contribution in [3.8, 4) is 0 Å². The van der Waals surface area contributed by atoms with Gasteiger partial charge in [-0.25, -0.2) is 0 Å². The predicted octanol–water partition coefficient (Wildman–Crippen LogP) is 5.04. The third-order valence-corrected chi connectivity index (χ3v) is 8.03. The fraction of sp³-hybridized carbons (Fsp3) is 0.838. The van der Waals surface area contributed by atoms with E-state index >= 15 is 0 Å². The molecule has 0 rings (SSSR count). The molecule has 0 heterocycles. The number of amides is 1. The SMILES string of the molecule is COC(=O)[C@H](CCC(=O)NCCOCCOCC(=O)CCCOCCOCC(=O)C(C)C)CC(=O)CCCCCCCCCCCCC(=O)O. The van der Waals surface area contributed by atoms with Gasteiger partial charge < -0.3 is 34.1 Å². The van der Waals surface area contributed by atoms with Gasteiger partial charge in [-0.2, -0.15) is 0 Å². The fourth-order valence-electron chi connectivity index (χ4n) is 4.92. The minimum Gasteiger partial charge on any atom is -0.481 e. The van der Waals surface area contributed by atoms with Gasteiger partial charge in [0.05, 0.1) is 46.1 Å². The monoisotopic (exact) mass is 715 g/mol. The van der Waals surface area contributed by atoms with E-state index in [1.807, 2.05) is 13.8 Å². The molecule has 0 aliphatic carbocycles. The summed E-state index contributed by atoms with van der Waals surface area (Å²) in [6, 6.07) is 0. The average molecular weight is 716 g/mol. The van der Waals surface area contributed by atoms with Crippen molar-refractivity contribution >= 4 is 35.2 Å². The average Bonchev–Trinajstić information content (AvgIpc) is 3.08. The summed E-state index contributed by atoms with van der Waals surface area (Å²) in [6.07, 6.45) is 12.1. The standard InChI is InChI=1S/C37H65NO12/c1-30(2)34(41)29-50-26-23-47-21-14-16-33(40)28-49-25-24-48-22-20-38-35(42)19-18-31(37(45)46-3)27-32(39)15-12-10-8-6-4-5-7-9-11-13-17-36(43)44/h30-31H,4-29H2,1-3H3,(H,38,42)(H,43,44)/t31-/m1/s1.